The van der Waals surface area contributed by atoms with Crippen LogP contribution in [0.5, 0.6) is 0 Å². The average molecular weight is 181 g/mol. The van der Waals surface area contributed by atoms with E-state index in [9.17, 15) is 0 Å². The van der Waals surface area contributed by atoms with Crippen molar-refractivity contribution in [1.29, 1.82) is 0 Å². The summed E-state index contributed by atoms with van der Waals surface area (Å²) in [6.07, 6.45) is 3.21. The van der Waals surface area contributed by atoms with E-state index in [1.165, 1.54) is 11.1 Å². The van der Waals surface area contributed by atoms with Crippen molar-refractivity contribution in [1.82, 2.24) is 5.32 Å². The molecule has 2 nitrogen and oxygen atoms in total. The third-order valence-electron chi connectivity index (χ3n) is 2.24. The van der Waals surface area contributed by atoms with Crippen molar-refractivity contribution in [3.05, 3.63) is 23.0 Å². The van der Waals surface area contributed by atoms with Crippen molar-refractivity contribution < 1.29 is 4.74 Å². The van der Waals surface area contributed by atoms with Crippen LogP contribution in [0, 0.1) is 0 Å². The third kappa shape index (κ3) is 2.88. The highest BCUT2D eigenvalue weighted by molar-refractivity contribution is 5.24. The molecule has 0 aromatic rings. The van der Waals surface area contributed by atoms with Crippen LogP contribution < -0.4 is 5.32 Å². The number of hydrogen-bond acceptors (Lipinski definition) is 2. The van der Waals surface area contributed by atoms with Crippen LogP contribution in [-0.4, -0.2) is 19.7 Å². The van der Waals surface area contributed by atoms with Gasteiger partial charge in [-0.05, 0) is 45.9 Å². The number of likely N-dealkylation sites (N-methyl/N-ethyl adjacent to an activating group) is 1. The highest BCUT2D eigenvalue weighted by Gasteiger charge is 2.16. The molecule has 0 saturated heterocycles. The summed E-state index contributed by atoms with van der Waals surface area (Å²) < 4.78 is 5.65. The molecule has 0 saturated carbocycles. The maximum atomic E-state index is 5.65. The van der Waals surface area contributed by atoms with Gasteiger partial charge in [-0.2, -0.15) is 0 Å². The normalized spacial score (nSPS) is 22.6. The summed E-state index contributed by atoms with van der Waals surface area (Å²) in [5, 5.41) is 3.23. The van der Waals surface area contributed by atoms with Crippen LogP contribution in [0.15, 0.2) is 23.0 Å². The Morgan fingerprint density at radius 1 is 1.54 bits per heavy atom. The van der Waals surface area contributed by atoms with Crippen LogP contribution in [0.4, 0.5) is 0 Å². The Morgan fingerprint density at radius 2 is 2.23 bits per heavy atom. The van der Waals surface area contributed by atoms with Crippen molar-refractivity contribution in [2.24, 2.45) is 0 Å². The lowest BCUT2D eigenvalue weighted by atomic mass is 10.0. The first-order valence-electron chi connectivity index (χ1n) is 4.78. The van der Waals surface area contributed by atoms with E-state index < -0.39 is 0 Å². The van der Waals surface area contributed by atoms with E-state index in [1.807, 2.05) is 7.05 Å². The van der Waals surface area contributed by atoms with Gasteiger partial charge in [-0.3, -0.25) is 0 Å². The minimum absolute atomic E-state index is 0.481. The Labute approximate surface area is 80.7 Å². The number of nitrogens with one attached hydrogen (secondary N) is 1. The van der Waals surface area contributed by atoms with Gasteiger partial charge in [0.15, 0.2) is 0 Å². The quantitative estimate of drug-likeness (QED) is 0.705. The molecule has 1 aliphatic rings. The molecular formula is C11H19NO. The topological polar surface area (TPSA) is 21.3 Å². The largest absolute Gasteiger partial charge is 0.492 e. The first-order chi connectivity index (χ1) is 6.13. The molecule has 1 unspecified atom stereocenters. The van der Waals surface area contributed by atoms with Crippen LogP contribution in [0.3, 0.4) is 0 Å². The second-order valence-electron chi connectivity index (χ2n) is 3.87. The predicted octanol–water partition coefficient (Wildman–Crippen LogP) is 2.23. The molecular weight excluding hydrogens is 162 g/mol. The Hall–Kier alpha value is -0.760. The van der Waals surface area contributed by atoms with Crippen molar-refractivity contribution in [3.8, 4) is 0 Å². The zero-order valence-corrected chi connectivity index (χ0v) is 8.98. The van der Waals surface area contributed by atoms with E-state index in [-0.39, 0.29) is 0 Å². The van der Waals surface area contributed by atoms with Crippen LogP contribution in [-0.2, 0) is 4.74 Å². The SMILES string of the molecule is CNC1COC(C=C(C)C)=C(C)C1. The second kappa shape index (κ2) is 4.47. The minimum Gasteiger partial charge on any atom is -0.492 e. The third-order valence-corrected chi connectivity index (χ3v) is 2.24. The summed E-state index contributed by atoms with van der Waals surface area (Å²) in [4.78, 5) is 0. The smallest absolute Gasteiger partial charge is 0.118 e. The molecule has 2 heteroatoms. The Bertz CT molecular complexity index is 236. The molecule has 0 amide bonds. The molecule has 1 rings (SSSR count). The fourth-order valence-corrected chi connectivity index (χ4v) is 1.46. The van der Waals surface area contributed by atoms with E-state index in [4.69, 9.17) is 4.74 Å². The van der Waals surface area contributed by atoms with E-state index in [0.717, 1.165) is 18.8 Å². The second-order valence-corrected chi connectivity index (χ2v) is 3.87. The Morgan fingerprint density at radius 3 is 2.69 bits per heavy atom. The van der Waals surface area contributed by atoms with Crippen LogP contribution in [0.2, 0.25) is 0 Å². The van der Waals surface area contributed by atoms with Crippen molar-refractivity contribution in [2.75, 3.05) is 13.7 Å². The molecule has 1 N–H and O–H groups in total. The highest BCUT2D eigenvalue weighted by atomic mass is 16.5. The molecule has 1 heterocycles. The average Bonchev–Trinajstić information content (AvgIpc) is 2.08. The summed E-state index contributed by atoms with van der Waals surface area (Å²) in [5.41, 5.74) is 2.63. The van der Waals surface area contributed by atoms with Gasteiger partial charge >= 0.3 is 0 Å². The Balaban J connectivity index is 2.71. The van der Waals surface area contributed by atoms with E-state index in [1.54, 1.807) is 0 Å². The monoisotopic (exact) mass is 181 g/mol. The lowest BCUT2D eigenvalue weighted by molar-refractivity contribution is 0.169. The Kier molecular flexibility index (Phi) is 3.55. The van der Waals surface area contributed by atoms with Gasteiger partial charge in [-0.1, -0.05) is 5.57 Å². The molecule has 0 aromatic heterocycles. The van der Waals surface area contributed by atoms with E-state index in [2.05, 4.69) is 32.2 Å². The molecule has 0 aliphatic carbocycles. The lowest BCUT2D eigenvalue weighted by Gasteiger charge is -2.25. The first-order valence-corrected chi connectivity index (χ1v) is 4.78. The fourth-order valence-electron chi connectivity index (χ4n) is 1.46. The van der Waals surface area contributed by atoms with Gasteiger partial charge in [-0.25, -0.2) is 0 Å². The fraction of sp³-hybridized carbons (Fsp3) is 0.636. The van der Waals surface area contributed by atoms with E-state index in [0.29, 0.717) is 6.04 Å². The van der Waals surface area contributed by atoms with Crippen molar-refractivity contribution in [3.63, 3.8) is 0 Å². The zero-order chi connectivity index (χ0) is 9.84. The standard InChI is InChI=1S/C11H19NO/c1-8(2)5-11-9(3)6-10(12-4)7-13-11/h5,10,12H,6-7H2,1-4H3. The number of ether oxygens (including phenoxy) is 1. The molecule has 0 bridgehead atoms. The summed E-state index contributed by atoms with van der Waals surface area (Å²) in [5.74, 6) is 1.06. The van der Waals surface area contributed by atoms with Crippen molar-refractivity contribution in [2.45, 2.75) is 33.2 Å². The van der Waals surface area contributed by atoms with Gasteiger partial charge in [0.25, 0.3) is 0 Å². The summed E-state index contributed by atoms with van der Waals surface area (Å²) >= 11 is 0. The summed E-state index contributed by atoms with van der Waals surface area (Å²) in [6.45, 7) is 7.10. The maximum Gasteiger partial charge on any atom is 0.118 e. The first kappa shape index (κ1) is 10.3. The van der Waals surface area contributed by atoms with Gasteiger partial charge in [-0.15, -0.1) is 0 Å². The number of hydrogen-bond donors (Lipinski definition) is 1. The van der Waals surface area contributed by atoms with Gasteiger partial charge < -0.3 is 10.1 Å². The van der Waals surface area contributed by atoms with Crippen LogP contribution >= 0.6 is 0 Å². The van der Waals surface area contributed by atoms with Gasteiger partial charge in [0.05, 0.1) is 0 Å². The van der Waals surface area contributed by atoms with Crippen molar-refractivity contribution >= 4 is 0 Å². The van der Waals surface area contributed by atoms with Crippen LogP contribution in [0.25, 0.3) is 0 Å². The molecule has 74 valence electrons. The van der Waals surface area contributed by atoms with Gasteiger partial charge in [0, 0.05) is 6.04 Å². The van der Waals surface area contributed by atoms with Gasteiger partial charge in [0.1, 0.15) is 12.4 Å². The summed E-state index contributed by atoms with van der Waals surface area (Å²) in [6, 6.07) is 0.481. The molecule has 1 aliphatic heterocycles. The zero-order valence-electron chi connectivity index (χ0n) is 8.98. The molecule has 0 spiro atoms. The van der Waals surface area contributed by atoms with E-state index >= 15 is 0 Å². The molecule has 0 radical (unpaired) electrons. The number of rotatable bonds is 2. The highest BCUT2D eigenvalue weighted by Crippen LogP contribution is 2.20. The van der Waals surface area contributed by atoms with Crippen LogP contribution in [0.1, 0.15) is 27.2 Å². The number of allylic oxidation sites excluding steroid dienone is 2. The maximum absolute atomic E-state index is 5.65. The molecule has 1 atom stereocenters. The predicted molar refractivity (Wildman–Crippen MR) is 55.5 cm³/mol. The lowest BCUT2D eigenvalue weighted by Crippen LogP contribution is -2.33. The molecule has 13 heavy (non-hydrogen) atoms. The molecule has 0 fully saturated rings. The molecule has 0 aromatic carbocycles. The summed E-state index contributed by atoms with van der Waals surface area (Å²) in [7, 11) is 1.98. The minimum atomic E-state index is 0.481. The van der Waals surface area contributed by atoms with Gasteiger partial charge in [0.2, 0.25) is 0 Å².